The van der Waals surface area contributed by atoms with Crippen LogP contribution in [0, 0.1) is 11.8 Å². The molecular formula is C20H41N3O. The highest BCUT2D eigenvalue weighted by molar-refractivity contribution is 5.73. The van der Waals surface area contributed by atoms with Gasteiger partial charge in [-0.05, 0) is 57.0 Å². The number of nitrogens with two attached hydrogens (primary N) is 2. The minimum atomic E-state index is -0.162. The smallest absolute Gasteiger partial charge is 0.217 e. The minimum absolute atomic E-state index is 0.162. The number of carbonyl (C=O) groups is 1. The van der Waals surface area contributed by atoms with E-state index in [0.717, 1.165) is 18.8 Å². The van der Waals surface area contributed by atoms with Crippen LogP contribution in [-0.4, -0.2) is 25.0 Å². The lowest BCUT2D eigenvalue weighted by Gasteiger charge is -2.32. The van der Waals surface area contributed by atoms with Gasteiger partial charge in [-0.2, -0.15) is 0 Å². The van der Waals surface area contributed by atoms with Crippen molar-refractivity contribution in [2.45, 2.75) is 96.4 Å². The Morgan fingerprint density at radius 1 is 0.958 bits per heavy atom. The van der Waals surface area contributed by atoms with Crippen molar-refractivity contribution in [1.82, 2.24) is 5.32 Å². The van der Waals surface area contributed by atoms with Crippen molar-refractivity contribution in [3.8, 4) is 0 Å². The SMILES string of the molecule is CC1CC(CNCCCCCCCCCCCC(N)=O)CCC1N. The van der Waals surface area contributed by atoms with Gasteiger partial charge in [-0.15, -0.1) is 0 Å². The van der Waals surface area contributed by atoms with Gasteiger partial charge in [0.15, 0.2) is 0 Å². The van der Waals surface area contributed by atoms with Gasteiger partial charge in [0.25, 0.3) is 0 Å². The van der Waals surface area contributed by atoms with Gasteiger partial charge in [0.05, 0.1) is 0 Å². The molecule has 142 valence electrons. The van der Waals surface area contributed by atoms with E-state index >= 15 is 0 Å². The number of primary amides is 1. The largest absolute Gasteiger partial charge is 0.370 e. The van der Waals surface area contributed by atoms with E-state index < -0.39 is 0 Å². The fourth-order valence-electron chi connectivity index (χ4n) is 3.81. The quantitative estimate of drug-likeness (QED) is 0.422. The Balaban J connectivity index is 1.77. The van der Waals surface area contributed by atoms with Crippen molar-refractivity contribution in [2.75, 3.05) is 13.1 Å². The van der Waals surface area contributed by atoms with Crippen LogP contribution in [-0.2, 0) is 4.79 Å². The van der Waals surface area contributed by atoms with Crippen LogP contribution in [0.2, 0.25) is 0 Å². The van der Waals surface area contributed by atoms with E-state index in [0.29, 0.717) is 18.4 Å². The number of rotatable bonds is 14. The molecule has 1 rings (SSSR count). The van der Waals surface area contributed by atoms with Crippen molar-refractivity contribution in [3.63, 3.8) is 0 Å². The third-order valence-electron chi connectivity index (χ3n) is 5.55. The summed E-state index contributed by atoms with van der Waals surface area (Å²) in [6.45, 7) is 4.65. The van der Waals surface area contributed by atoms with Crippen LogP contribution in [0.5, 0.6) is 0 Å². The van der Waals surface area contributed by atoms with Gasteiger partial charge in [-0.25, -0.2) is 0 Å². The Hall–Kier alpha value is -0.610. The number of hydrogen-bond donors (Lipinski definition) is 3. The third kappa shape index (κ3) is 11.0. The van der Waals surface area contributed by atoms with E-state index in [1.807, 2.05) is 0 Å². The molecule has 3 unspecified atom stereocenters. The summed E-state index contributed by atoms with van der Waals surface area (Å²) in [7, 11) is 0. The summed E-state index contributed by atoms with van der Waals surface area (Å²) in [5, 5.41) is 3.65. The zero-order valence-corrected chi connectivity index (χ0v) is 15.9. The molecule has 0 aliphatic heterocycles. The number of amides is 1. The van der Waals surface area contributed by atoms with Gasteiger partial charge in [-0.1, -0.05) is 51.9 Å². The zero-order valence-electron chi connectivity index (χ0n) is 15.9. The normalized spacial score (nSPS) is 24.2. The molecule has 0 radical (unpaired) electrons. The lowest BCUT2D eigenvalue weighted by molar-refractivity contribution is -0.118. The molecule has 0 aromatic rings. The van der Waals surface area contributed by atoms with E-state index in [2.05, 4.69) is 12.2 Å². The van der Waals surface area contributed by atoms with Crippen LogP contribution in [0.1, 0.15) is 90.4 Å². The molecule has 4 nitrogen and oxygen atoms in total. The molecule has 1 aliphatic carbocycles. The maximum Gasteiger partial charge on any atom is 0.217 e. The maximum atomic E-state index is 10.6. The molecule has 0 heterocycles. The summed E-state index contributed by atoms with van der Waals surface area (Å²) in [4.78, 5) is 10.6. The van der Waals surface area contributed by atoms with Crippen LogP contribution in [0.15, 0.2) is 0 Å². The van der Waals surface area contributed by atoms with Crippen LogP contribution < -0.4 is 16.8 Å². The zero-order chi connectivity index (χ0) is 17.6. The Labute approximate surface area is 149 Å². The summed E-state index contributed by atoms with van der Waals surface area (Å²) < 4.78 is 0. The van der Waals surface area contributed by atoms with Crippen molar-refractivity contribution in [1.29, 1.82) is 0 Å². The molecule has 0 aromatic carbocycles. The molecule has 0 spiro atoms. The Bertz CT molecular complexity index is 322. The summed E-state index contributed by atoms with van der Waals surface area (Å²) >= 11 is 0. The lowest BCUT2D eigenvalue weighted by Crippen LogP contribution is -2.37. The Morgan fingerprint density at radius 2 is 1.54 bits per heavy atom. The first-order chi connectivity index (χ1) is 11.6. The first-order valence-corrected chi connectivity index (χ1v) is 10.3. The third-order valence-corrected chi connectivity index (χ3v) is 5.55. The molecular weight excluding hydrogens is 298 g/mol. The number of nitrogens with one attached hydrogen (secondary N) is 1. The predicted octanol–water partition coefficient (Wildman–Crippen LogP) is 3.73. The van der Waals surface area contributed by atoms with Crippen molar-refractivity contribution in [2.24, 2.45) is 23.3 Å². The fourth-order valence-corrected chi connectivity index (χ4v) is 3.81. The van der Waals surface area contributed by atoms with Crippen LogP contribution in [0.3, 0.4) is 0 Å². The molecule has 4 heteroatoms. The standard InChI is InChI=1S/C20H41N3O/c1-17-15-18(12-13-19(17)21)16-23-14-10-8-6-4-2-3-5-7-9-11-20(22)24/h17-19,23H,2-16,21H2,1H3,(H2,22,24). The molecule has 5 N–H and O–H groups in total. The Morgan fingerprint density at radius 3 is 2.12 bits per heavy atom. The molecule has 0 saturated heterocycles. The maximum absolute atomic E-state index is 10.6. The van der Waals surface area contributed by atoms with Crippen LogP contribution in [0.25, 0.3) is 0 Å². The van der Waals surface area contributed by atoms with Gasteiger partial charge in [0.1, 0.15) is 0 Å². The van der Waals surface area contributed by atoms with E-state index in [-0.39, 0.29) is 5.91 Å². The number of unbranched alkanes of at least 4 members (excludes halogenated alkanes) is 8. The van der Waals surface area contributed by atoms with Gasteiger partial charge < -0.3 is 16.8 Å². The van der Waals surface area contributed by atoms with E-state index in [4.69, 9.17) is 11.5 Å². The highest BCUT2D eigenvalue weighted by Crippen LogP contribution is 2.27. The fraction of sp³-hybridized carbons (Fsp3) is 0.950. The average Bonchev–Trinajstić information content (AvgIpc) is 2.55. The second kappa shape index (κ2) is 13.7. The summed E-state index contributed by atoms with van der Waals surface area (Å²) in [6, 6.07) is 0.435. The first-order valence-electron chi connectivity index (χ1n) is 10.3. The molecule has 0 bridgehead atoms. The van der Waals surface area contributed by atoms with Gasteiger partial charge in [0, 0.05) is 12.5 Å². The van der Waals surface area contributed by atoms with Crippen molar-refractivity contribution >= 4 is 5.91 Å². The van der Waals surface area contributed by atoms with Crippen molar-refractivity contribution < 1.29 is 4.79 Å². The van der Waals surface area contributed by atoms with E-state index in [1.165, 1.54) is 77.3 Å². The summed E-state index contributed by atoms with van der Waals surface area (Å²) in [5.74, 6) is 1.38. The Kier molecular flexibility index (Phi) is 12.2. The predicted molar refractivity (Wildman–Crippen MR) is 103 cm³/mol. The molecule has 0 aromatic heterocycles. The first kappa shape index (κ1) is 21.4. The van der Waals surface area contributed by atoms with Crippen LogP contribution in [0.4, 0.5) is 0 Å². The van der Waals surface area contributed by atoms with E-state index in [9.17, 15) is 4.79 Å². The lowest BCUT2D eigenvalue weighted by atomic mass is 9.79. The average molecular weight is 340 g/mol. The van der Waals surface area contributed by atoms with Crippen LogP contribution >= 0.6 is 0 Å². The second-order valence-electron chi connectivity index (χ2n) is 7.92. The van der Waals surface area contributed by atoms with Crippen molar-refractivity contribution in [3.05, 3.63) is 0 Å². The topological polar surface area (TPSA) is 81.1 Å². The second-order valence-corrected chi connectivity index (χ2v) is 7.92. The van der Waals surface area contributed by atoms with Gasteiger partial charge >= 0.3 is 0 Å². The highest BCUT2D eigenvalue weighted by atomic mass is 16.1. The summed E-state index contributed by atoms with van der Waals surface area (Å²) in [5.41, 5.74) is 11.2. The van der Waals surface area contributed by atoms with Gasteiger partial charge in [-0.3, -0.25) is 4.79 Å². The minimum Gasteiger partial charge on any atom is -0.370 e. The molecule has 1 aliphatic rings. The monoisotopic (exact) mass is 339 g/mol. The molecule has 24 heavy (non-hydrogen) atoms. The molecule has 1 saturated carbocycles. The molecule has 1 amide bonds. The number of carbonyl (C=O) groups excluding carboxylic acids is 1. The molecule has 3 atom stereocenters. The summed E-state index contributed by atoms with van der Waals surface area (Å²) in [6.07, 6.45) is 15.7. The highest BCUT2D eigenvalue weighted by Gasteiger charge is 2.24. The number of hydrogen-bond acceptors (Lipinski definition) is 3. The van der Waals surface area contributed by atoms with E-state index in [1.54, 1.807) is 0 Å². The molecule has 1 fully saturated rings. The van der Waals surface area contributed by atoms with Gasteiger partial charge in [0.2, 0.25) is 5.91 Å².